The van der Waals surface area contributed by atoms with Gasteiger partial charge in [-0.1, -0.05) is 17.8 Å². The molecule has 1 fully saturated rings. The van der Waals surface area contributed by atoms with Gasteiger partial charge in [0.2, 0.25) is 5.95 Å². The summed E-state index contributed by atoms with van der Waals surface area (Å²) < 4.78 is 34.5. The minimum atomic E-state index is -0.855. The fourth-order valence-corrected chi connectivity index (χ4v) is 4.60. The quantitative estimate of drug-likeness (QED) is 0.834. The van der Waals surface area contributed by atoms with E-state index in [1.807, 2.05) is 0 Å². The van der Waals surface area contributed by atoms with Crippen LogP contribution in [-0.2, 0) is 10.3 Å². The van der Waals surface area contributed by atoms with E-state index in [9.17, 15) is 8.78 Å². The number of thioether (sulfide) groups is 1. The number of pyridine rings is 1. The van der Waals surface area contributed by atoms with Gasteiger partial charge in [-0.3, -0.25) is 0 Å². The van der Waals surface area contributed by atoms with Gasteiger partial charge in [0.1, 0.15) is 11.4 Å². The molecule has 130 valence electrons. The molecule has 0 unspecified atom stereocenters. The van der Waals surface area contributed by atoms with Crippen LogP contribution in [0.1, 0.15) is 12.0 Å². The third kappa shape index (κ3) is 2.81. The highest BCUT2D eigenvalue weighted by atomic mass is 32.2. The number of rotatable bonds is 2. The summed E-state index contributed by atoms with van der Waals surface area (Å²) in [6.07, 6.45) is 2.17. The number of nitrogens with zero attached hydrogens (tertiary/aromatic N) is 2. The average Bonchev–Trinajstić information content (AvgIpc) is 2.62. The Labute approximate surface area is 148 Å². The van der Waals surface area contributed by atoms with Crippen molar-refractivity contribution in [2.75, 3.05) is 19.0 Å². The molecule has 1 aromatic heterocycles. The number of ether oxygens (including phenoxy) is 1. The maximum absolute atomic E-state index is 14.8. The first kappa shape index (κ1) is 16.5. The standard InChI is InChI=1S/C18H17F2N3OS/c19-15-4-3-11(13-2-1-6-22-16(13)20)8-14(15)18-10-24-7-5-12(18)9-25-17(21)23-18/h1-4,6,8,12H,5,7,9-10H2,(H2,21,23)/t12-,18-/m0/s1. The van der Waals surface area contributed by atoms with Crippen LogP contribution in [0.15, 0.2) is 41.5 Å². The Balaban J connectivity index is 1.88. The summed E-state index contributed by atoms with van der Waals surface area (Å²) in [7, 11) is 0. The second-order valence-corrected chi connectivity index (χ2v) is 7.30. The summed E-state index contributed by atoms with van der Waals surface area (Å²) in [4.78, 5) is 8.28. The lowest BCUT2D eigenvalue weighted by atomic mass is 9.76. The Hall–Kier alpha value is -1.99. The Morgan fingerprint density at radius 2 is 2.16 bits per heavy atom. The smallest absolute Gasteiger partial charge is 0.220 e. The molecule has 0 bridgehead atoms. The van der Waals surface area contributed by atoms with Crippen molar-refractivity contribution in [1.29, 1.82) is 0 Å². The number of nitrogens with two attached hydrogens (primary N) is 1. The minimum Gasteiger partial charge on any atom is -0.379 e. The normalized spacial score (nSPS) is 26.0. The molecular weight excluding hydrogens is 344 g/mol. The van der Waals surface area contributed by atoms with Gasteiger partial charge in [0.15, 0.2) is 5.17 Å². The molecule has 2 aliphatic rings. The Kier molecular flexibility index (Phi) is 4.21. The fourth-order valence-electron chi connectivity index (χ4n) is 3.55. The van der Waals surface area contributed by atoms with Gasteiger partial charge in [0.25, 0.3) is 0 Å². The van der Waals surface area contributed by atoms with Crippen LogP contribution >= 0.6 is 11.8 Å². The number of hydrogen-bond acceptors (Lipinski definition) is 5. The lowest BCUT2D eigenvalue weighted by Crippen LogP contribution is -2.48. The Bertz CT molecular complexity index is 845. The highest BCUT2D eigenvalue weighted by Gasteiger charge is 2.47. The van der Waals surface area contributed by atoms with Crippen molar-refractivity contribution in [1.82, 2.24) is 4.98 Å². The summed E-state index contributed by atoms with van der Waals surface area (Å²) in [5.74, 6) is -0.0749. The Morgan fingerprint density at radius 3 is 3.00 bits per heavy atom. The van der Waals surface area contributed by atoms with Crippen LogP contribution in [0.2, 0.25) is 0 Å². The molecule has 3 heterocycles. The molecule has 1 saturated heterocycles. The van der Waals surface area contributed by atoms with Gasteiger partial charge in [-0.15, -0.1) is 0 Å². The summed E-state index contributed by atoms with van der Waals surface area (Å²) in [6.45, 7) is 0.899. The zero-order valence-electron chi connectivity index (χ0n) is 13.4. The van der Waals surface area contributed by atoms with Crippen LogP contribution in [0.4, 0.5) is 8.78 Å². The largest absolute Gasteiger partial charge is 0.379 e. The predicted octanol–water partition coefficient (Wildman–Crippen LogP) is 3.32. The van der Waals surface area contributed by atoms with E-state index in [0.29, 0.717) is 28.5 Å². The maximum atomic E-state index is 14.8. The van der Waals surface area contributed by atoms with E-state index in [1.165, 1.54) is 24.0 Å². The van der Waals surface area contributed by atoms with Gasteiger partial charge in [-0.2, -0.15) is 4.39 Å². The van der Waals surface area contributed by atoms with Crippen LogP contribution < -0.4 is 5.73 Å². The minimum absolute atomic E-state index is 0.127. The number of halogens is 2. The van der Waals surface area contributed by atoms with E-state index in [0.717, 1.165) is 12.2 Å². The zero-order chi connectivity index (χ0) is 17.4. The Morgan fingerprint density at radius 1 is 1.28 bits per heavy atom. The molecule has 2 aromatic rings. The molecule has 7 heteroatoms. The highest BCUT2D eigenvalue weighted by molar-refractivity contribution is 8.13. The number of aromatic nitrogens is 1. The summed E-state index contributed by atoms with van der Waals surface area (Å²) in [5, 5.41) is 0.430. The third-order valence-corrected chi connectivity index (χ3v) is 5.81. The number of hydrogen-bond donors (Lipinski definition) is 1. The zero-order valence-corrected chi connectivity index (χ0v) is 14.2. The van der Waals surface area contributed by atoms with E-state index < -0.39 is 11.5 Å². The number of benzene rings is 1. The second-order valence-electron chi connectivity index (χ2n) is 6.26. The van der Waals surface area contributed by atoms with Crippen molar-refractivity contribution < 1.29 is 13.5 Å². The van der Waals surface area contributed by atoms with Crippen LogP contribution in [0.25, 0.3) is 11.1 Å². The molecule has 4 rings (SSSR count). The van der Waals surface area contributed by atoms with Crippen molar-refractivity contribution in [3.63, 3.8) is 0 Å². The van der Waals surface area contributed by atoms with Crippen molar-refractivity contribution in [2.24, 2.45) is 16.6 Å². The molecular formula is C18H17F2N3OS. The van der Waals surface area contributed by atoms with Crippen LogP contribution in [0.3, 0.4) is 0 Å². The molecule has 0 aliphatic carbocycles. The first-order valence-corrected chi connectivity index (χ1v) is 9.05. The molecule has 0 saturated carbocycles. The van der Waals surface area contributed by atoms with Crippen molar-refractivity contribution in [3.05, 3.63) is 53.9 Å². The molecule has 0 amide bonds. The van der Waals surface area contributed by atoms with E-state index in [4.69, 9.17) is 10.5 Å². The van der Waals surface area contributed by atoms with Gasteiger partial charge >= 0.3 is 0 Å². The van der Waals surface area contributed by atoms with Gasteiger partial charge in [0.05, 0.1) is 6.61 Å². The monoisotopic (exact) mass is 361 g/mol. The summed E-state index contributed by atoms with van der Waals surface area (Å²) >= 11 is 1.49. The first-order chi connectivity index (χ1) is 12.1. The van der Waals surface area contributed by atoms with Gasteiger partial charge in [0, 0.05) is 35.6 Å². The predicted molar refractivity (Wildman–Crippen MR) is 94.3 cm³/mol. The van der Waals surface area contributed by atoms with Crippen molar-refractivity contribution in [3.8, 4) is 11.1 Å². The average molecular weight is 361 g/mol. The topological polar surface area (TPSA) is 60.5 Å². The lowest BCUT2D eigenvalue weighted by Gasteiger charge is -2.43. The van der Waals surface area contributed by atoms with Crippen LogP contribution in [0.5, 0.6) is 0 Å². The molecule has 2 atom stereocenters. The SMILES string of the molecule is NC1=N[C@@]2(c3cc(-c4cccnc4F)ccc3F)COCC[C@H]2CS1. The molecule has 2 N–H and O–H groups in total. The van der Waals surface area contributed by atoms with Crippen LogP contribution in [-0.4, -0.2) is 29.1 Å². The molecule has 4 nitrogen and oxygen atoms in total. The second kappa shape index (κ2) is 6.38. The fraction of sp³-hybridized carbons (Fsp3) is 0.333. The molecule has 0 radical (unpaired) electrons. The third-order valence-electron chi connectivity index (χ3n) is 4.85. The van der Waals surface area contributed by atoms with Gasteiger partial charge < -0.3 is 10.5 Å². The number of aliphatic imine (C=N–C) groups is 1. The first-order valence-electron chi connectivity index (χ1n) is 8.07. The van der Waals surface area contributed by atoms with E-state index in [-0.39, 0.29) is 18.3 Å². The maximum Gasteiger partial charge on any atom is 0.220 e. The molecule has 25 heavy (non-hydrogen) atoms. The van der Waals surface area contributed by atoms with Crippen LogP contribution in [0, 0.1) is 17.7 Å². The lowest BCUT2D eigenvalue weighted by molar-refractivity contribution is 0.00303. The van der Waals surface area contributed by atoms with Crippen molar-refractivity contribution >= 4 is 16.9 Å². The van der Waals surface area contributed by atoms with E-state index in [2.05, 4.69) is 9.98 Å². The molecule has 1 aromatic carbocycles. The van der Waals surface area contributed by atoms with E-state index >= 15 is 0 Å². The number of amidine groups is 1. The molecule has 2 aliphatic heterocycles. The summed E-state index contributed by atoms with van der Waals surface area (Å²) in [5.41, 5.74) is 6.39. The van der Waals surface area contributed by atoms with Crippen molar-refractivity contribution in [2.45, 2.75) is 12.0 Å². The number of fused-ring (bicyclic) bond motifs is 1. The summed E-state index contributed by atoms with van der Waals surface area (Å²) in [6, 6.07) is 7.84. The molecule has 0 spiro atoms. The van der Waals surface area contributed by atoms with Gasteiger partial charge in [-0.05, 0) is 36.2 Å². The van der Waals surface area contributed by atoms with E-state index in [1.54, 1.807) is 24.3 Å². The van der Waals surface area contributed by atoms with Gasteiger partial charge in [-0.25, -0.2) is 14.4 Å². The highest BCUT2D eigenvalue weighted by Crippen LogP contribution is 2.46.